The number of hydrazine groups is 1. The molecule has 1 aliphatic carbocycles. The van der Waals surface area contributed by atoms with Gasteiger partial charge in [-0.15, -0.1) is 0 Å². The van der Waals surface area contributed by atoms with E-state index >= 15 is 0 Å². The molecule has 2 aliphatic rings. The van der Waals surface area contributed by atoms with E-state index in [1.165, 1.54) is 42.5 Å². The molecule has 35 heavy (non-hydrogen) atoms. The van der Waals surface area contributed by atoms with Crippen LogP contribution in [0, 0.1) is 32.1 Å². The van der Waals surface area contributed by atoms with Gasteiger partial charge < -0.3 is 0 Å². The average molecular weight is 610 g/mol. The van der Waals surface area contributed by atoms with Crippen LogP contribution in [0.3, 0.4) is 0 Å². The number of rotatable bonds is 6. The van der Waals surface area contributed by atoms with E-state index in [2.05, 4.69) is 31.9 Å². The quantitative estimate of drug-likeness (QED) is 0.208. The standard InChI is InChI=1S/C22H18Br2N4O7/c23-17-9-15-16(10-18(17)24)22(31)26(21(15)30)25(11-13-4-1-2-7-19(13)28(34)35)20(29)12-5-3-6-14(8-12)27(32)33/h1-8,15-18H,9-11H2/t15-,16-,17+,18+/m1/s1. The third kappa shape index (κ3) is 4.69. The number of nitrogens with zero attached hydrogens (tertiary/aromatic N) is 4. The Bertz CT molecular complexity index is 1210. The molecule has 0 bridgehead atoms. The van der Waals surface area contributed by atoms with Gasteiger partial charge in [-0.1, -0.05) is 56.1 Å². The van der Waals surface area contributed by atoms with Crippen molar-refractivity contribution in [2.75, 3.05) is 0 Å². The van der Waals surface area contributed by atoms with Crippen LogP contribution in [0.15, 0.2) is 48.5 Å². The Morgan fingerprint density at radius 1 is 0.943 bits per heavy atom. The van der Waals surface area contributed by atoms with Gasteiger partial charge in [0.15, 0.2) is 0 Å². The summed E-state index contributed by atoms with van der Waals surface area (Å²) in [6, 6.07) is 10.6. The number of hydrogen-bond acceptors (Lipinski definition) is 7. The van der Waals surface area contributed by atoms with Crippen molar-refractivity contribution in [1.82, 2.24) is 10.0 Å². The normalized spacial score (nSPS) is 23.7. The second kappa shape index (κ2) is 9.82. The number of fused-ring (bicyclic) bond motifs is 1. The number of nitro groups is 2. The molecular formula is C22H18Br2N4O7. The average Bonchev–Trinajstić information content (AvgIpc) is 3.06. The summed E-state index contributed by atoms with van der Waals surface area (Å²) in [5.74, 6) is -3.35. The van der Waals surface area contributed by atoms with E-state index in [0.717, 1.165) is 16.1 Å². The molecule has 4 rings (SSSR count). The van der Waals surface area contributed by atoms with Gasteiger partial charge in [-0.25, -0.2) is 5.01 Å². The second-order valence-electron chi connectivity index (χ2n) is 8.26. The van der Waals surface area contributed by atoms with E-state index in [1.54, 1.807) is 0 Å². The number of carbonyl (C=O) groups is 3. The van der Waals surface area contributed by atoms with Gasteiger partial charge in [0.1, 0.15) is 0 Å². The topological polar surface area (TPSA) is 144 Å². The molecule has 4 atom stereocenters. The molecule has 0 aromatic heterocycles. The molecule has 0 unspecified atom stereocenters. The molecule has 2 fully saturated rings. The van der Waals surface area contributed by atoms with Gasteiger partial charge in [0, 0.05) is 33.4 Å². The Hall–Kier alpha value is -3.19. The first-order valence-corrected chi connectivity index (χ1v) is 12.4. The molecule has 3 amide bonds. The smallest absolute Gasteiger partial charge is 0.272 e. The van der Waals surface area contributed by atoms with Gasteiger partial charge >= 0.3 is 0 Å². The molecule has 1 saturated carbocycles. The first-order chi connectivity index (χ1) is 16.6. The van der Waals surface area contributed by atoms with Gasteiger partial charge in [-0.05, 0) is 18.9 Å². The number of benzene rings is 2. The zero-order valence-corrected chi connectivity index (χ0v) is 21.1. The van der Waals surface area contributed by atoms with Crippen LogP contribution in [0.5, 0.6) is 0 Å². The van der Waals surface area contributed by atoms with Crippen molar-refractivity contribution < 1.29 is 24.2 Å². The van der Waals surface area contributed by atoms with Crippen LogP contribution in [0.2, 0.25) is 0 Å². The third-order valence-electron chi connectivity index (χ3n) is 6.18. The summed E-state index contributed by atoms with van der Waals surface area (Å²) >= 11 is 7.03. The molecule has 0 N–H and O–H groups in total. The first kappa shape index (κ1) is 24.9. The zero-order valence-electron chi connectivity index (χ0n) is 18.0. The van der Waals surface area contributed by atoms with Crippen molar-refractivity contribution in [1.29, 1.82) is 0 Å². The van der Waals surface area contributed by atoms with Gasteiger partial charge in [-0.3, -0.25) is 34.6 Å². The molecule has 1 saturated heterocycles. The van der Waals surface area contributed by atoms with Crippen molar-refractivity contribution in [3.05, 3.63) is 79.9 Å². The predicted octanol–water partition coefficient (Wildman–Crippen LogP) is 3.98. The van der Waals surface area contributed by atoms with Crippen LogP contribution in [-0.4, -0.2) is 47.2 Å². The number of non-ortho nitro benzene ring substituents is 1. The molecule has 2 aromatic carbocycles. The largest absolute Gasteiger partial charge is 0.274 e. The molecule has 0 radical (unpaired) electrons. The molecule has 2 aromatic rings. The fourth-order valence-electron chi connectivity index (χ4n) is 4.43. The van der Waals surface area contributed by atoms with E-state index in [1.807, 2.05) is 0 Å². The lowest BCUT2D eigenvalue weighted by atomic mass is 9.81. The van der Waals surface area contributed by atoms with Crippen LogP contribution in [0.4, 0.5) is 11.4 Å². The van der Waals surface area contributed by atoms with E-state index in [9.17, 15) is 34.6 Å². The van der Waals surface area contributed by atoms with E-state index in [4.69, 9.17) is 0 Å². The lowest BCUT2D eigenvalue weighted by molar-refractivity contribution is -0.385. The van der Waals surface area contributed by atoms with Crippen LogP contribution >= 0.6 is 31.9 Å². The maximum atomic E-state index is 13.6. The summed E-state index contributed by atoms with van der Waals surface area (Å²) in [6.07, 6.45) is 0.734. The highest BCUT2D eigenvalue weighted by molar-refractivity contribution is 9.12. The lowest BCUT2D eigenvalue weighted by Crippen LogP contribution is -2.49. The summed E-state index contributed by atoms with van der Waals surface area (Å²) < 4.78 is 0. The summed E-state index contributed by atoms with van der Waals surface area (Å²) in [6.45, 7) is -0.453. The highest BCUT2D eigenvalue weighted by Crippen LogP contribution is 2.44. The van der Waals surface area contributed by atoms with E-state index in [-0.39, 0.29) is 32.2 Å². The molecule has 13 heteroatoms. The predicted molar refractivity (Wildman–Crippen MR) is 130 cm³/mol. The Kier molecular flexibility index (Phi) is 6.99. The van der Waals surface area contributed by atoms with Crippen molar-refractivity contribution in [2.45, 2.75) is 29.0 Å². The Morgan fingerprint density at radius 3 is 2.11 bits per heavy atom. The van der Waals surface area contributed by atoms with E-state index < -0.39 is 45.9 Å². The maximum absolute atomic E-state index is 13.6. The number of halogens is 2. The van der Waals surface area contributed by atoms with Crippen LogP contribution in [0.1, 0.15) is 28.8 Å². The Morgan fingerprint density at radius 2 is 1.54 bits per heavy atom. The number of imide groups is 1. The van der Waals surface area contributed by atoms with Crippen molar-refractivity contribution in [2.24, 2.45) is 11.8 Å². The second-order valence-corrected chi connectivity index (χ2v) is 10.6. The number of amides is 3. The zero-order chi connectivity index (χ0) is 25.4. The minimum absolute atomic E-state index is 0.0587. The monoisotopic (exact) mass is 608 g/mol. The van der Waals surface area contributed by atoms with Gasteiger partial charge in [-0.2, -0.15) is 5.01 Å². The van der Waals surface area contributed by atoms with Crippen molar-refractivity contribution in [3.63, 3.8) is 0 Å². The lowest BCUT2D eigenvalue weighted by Gasteiger charge is -2.30. The summed E-state index contributed by atoms with van der Waals surface area (Å²) in [5.41, 5.74) is -0.672. The highest BCUT2D eigenvalue weighted by Gasteiger charge is 2.54. The molecular weight excluding hydrogens is 592 g/mol. The van der Waals surface area contributed by atoms with Crippen LogP contribution < -0.4 is 0 Å². The minimum Gasteiger partial charge on any atom is -0.272 e. The van der Waals surface area contributed by atoms with Crippen LogP contribution in [0.25, 0.3) is 0 Å². The first-order valence-electron chi connectivity index (χ1n) is 10.5. The third-order valence-corrected chi connectivity index (χ3v) is 8.91. The summed E-state index contributed by atoms with van der Waals surface area (Å²) in [5, 5.41) is 24.4. The number of hydrogen-bond donors (Lipinski definition) is 0. The molecule has 1 heterocycles. The van der Waals surface area contributed by atoms with Crippen molar-refractivity contribution in [3.8, 4) is 0 Å². The van der Waals surface area contributed by atoms with Crippen molar-refractivity contribution >= 4 is 61.0 Å². The maximum Gasteiger partial charge on any atom is 0.274 e. The van der Waals surface area contributed by atoms with Gasteiger partial charge in [0.2, 0.25) is 0 Å². The molecule has 0 spiro atoms. The SMILES string of the molecule is O=C(c1cccc([N+](=O)[O-])c1)N(Cc1ccccc1[N+](=O)[O-])N1C(=O)[C@@H]2C[C@H](Br)[C@@H](Br)C[C@H]2C1=O. The Labute approximate surface area is 215 Å². The summed E-state index contributed by atoms with van der Waals surface area (Å²) in [4.78, 5) is 61.8. The van der Waals surface area contributed by atoms with Gasteiger partial charge in [0.05, 0.1) is 33.8 Å². The fourth-order valence-corrected chi connectivity index (χ4v) is 5.67. The van der Waals surface area contributed by atoms with E-state index in [0.29, 0.717) is 12.8 Å². The highest BCUT2D eigenvalue weighted by atomic mass is 79.9. The fraction of sp³-hybridized carbons (Fsp3) is 0.318. The van der Waals surface area contributed by atoms with Crippen LogP contribution in [-0.2, 0) is 16.1 Å². The number of carbonyl (C=O) groups excluding carboxylic acids is 3. The van der Waals surface area contributed by atoms with Gasteiger partial charge in [0.25, 0.3) is 29.1 Å². The molecule has 11 nitrogen and oxygen atoms in total. The molecule has 182 valence electrons. The number of alkyl halides is 2. The summed E-state index contributed by atoms with van der Waals surface area (Å²) in [7, 11) is 0. The Balaban J connectivity index is 1.78. The molecule has 1 aliphatic heterocycles. The number of nitro benzene ring substituents is 2. The minimum atomic E-state index is -0.863. The number of para-hydroxylation sites is 1.